The molecule has 1 fully saturated rings. The Labute approximate surface area is 200 Å². The smallest absolute Gasteiger partial charge is 0.410 e. The van der Waals surface area contributed by atoms with Crippen LogP contribution in [-0.2, 0) is 9.53 Å². The Morgan fingerprint density at radius 2 is 1.94 bits per heavy atom. The second-order valence-electron chi connectivity index (χ2n) is 9.28. The molecule has 0 saturated carbocycles. The molecule has 5 rings (SSSR count). The van der Waals surface area contributed by atoms with Crippen LogP contribution < -0.4 is 5.32 Å². The normalized spacial score (nSPS) is 16.2. The van der Waals surface area contributed by atoms with Crippen molar-refractivity contribution in [2.24, 2.45) is 0 Å². The molecule has 1 aliphatic heterocycles. The average Bonchev–Trinajstić information content (AvgIpc) is 3.56. The van der Waals surface area contributed by atoms with Gasteiger partial charge in [0, 0.05) is 12.7 Å². The number of likely N-dealkylation sites (tertiary alicyclic amines) is 1. The largest absolute Gasteiger partial charge is 0.444 e. The van der Waals surface area contributed by atoms with Crippen molar-refractivity contribution >= 4 is 34.1 Å². The minimum absolute atomic E-state index is 0.247. The Hall–Kier alpha value is -3.66. The van der Waals surface area contributed by atoms with Crippen LogP contribution in [0.1, 0.15) is 33.6 Å². The van der Waals surface area contributed by atoms with E-state index in [4.69, 9.17) is 4.74 Å². The number of benzene rings is 1. The fourth-order valence-corrected chi connectivity index (χ4v) is 4.98. The number of carbonyl (C=O) groups is 2. The monoisotopic (exact) mass is 478 g/mol. The maximum absolute atomic E-state index is 12.9. The van der Waals surface area contributed by atoms with E-state index in [0.717, 1.165) is 33.1 Å². The first kappa shape index (κ1) is 22.1. The molecule has 34 heavy (non-hydrogen) atoms. The maximum Gasteiger partial charge on any atom is 0.410 e. The molecule has 0 spiro atoms. The first-order valence-corrected chi connectivity index (χ1v) is 12.0. The number of aromatic amines is 1. The van der Waals surface area contributed by atoms with Gasteiger partial charge in [-0.1, -0.05) is 35.6 Å². The van der Waals surface area contributed by atoms with Crippen LogP contribution in [-0.4, -0.2) is 54.4 Å². The van der Waals surface area contributed by atoms with Crippen molar-refractivity contribution in [2.45, 2.75) is 45.3 Å². The lowest BCUT2D eigenvalue weighted by Gasteiger charge is -2.27. The van der Waals surface area contributed by atoms with Crippen LogP contribution in [0.2, 0.25) is 0 Å². The standard InChI is InChI=1S/C24H26N6O3S/c1-24(2,3)33-23(32)30-10-4-5-18(30)21(31)27-20-13-29-12-19(34-22(29)28-20)16-8-6-15(7-9-16)17-11-25-14-26-17/h6-9,11-14,18H,4-5,10H2,1-3H3,(H,25,26)(H,27,31)/t18-/m0/s1. The van der Waals surface area contributed by atoms with Gasteiger partial charge in [-0.25, -0.2) is 14.8 Å². The summed E-state index contributed by atoms with van der Waals surface area (Å²) in [6.07, 6.45) is 8.15. The van der Waals surface area contributed by atoms with Crippen molar-refractivity contribution in [3.63, 3.8) is 0 Å². The molecule has 176 valence electrons. The number of hydrogen-bond acceptors (Lipinski definition) is 6. The highest BCUT2D eigenvalue weighted by molar-refractivity contribution is 7.20. The van der Waals surface area contributed by atoms with Gasteiger partial charge >= 0.3 is 6.09 Å². The van der Waals surface area contributed by atoms with Gasteiger partial charge in [0.15, 0.2) is 10.8 Å². The number of rotatable bonds is 4. The summed E-state index contributed by atoms with van der Waals surface area (Å²) >= 11 is 1.54. The third kappa shape index (κ3) is 4.54. The summed E-state index contributed by atoms with van der Waals surface area (Å²) in [7, 11) is 0. The van der Waals surface area contributed by atoms with Crippen molar-refractivity contribution in [1.82, 2.24) is 24.3 Å². The van der Waals surface area contributed by atoms with E-state index in [1.165, 1.54) is 4.90 Å². The van der Waals surface area contributed by atoms with E-state index in [0.29, 0.717) is 18.8 Å². The molecule has 4 aromatic rings. The number of H-pyrrole nitrogens is 1. The van der Waals surface area contributed by atoms with Gasteiger partial charge in [-0.15, -0.1) is 0 Å². The Kier molecular flexibility index (Phi) is 5.60. The van der Waals surface area contributed by atoms with Gasteiger partial charge in [-0.05, 0) is 44.7 Å². The summed E-state index contributed by atoms with van der Waals surface area (Å²) < 4.78 is 7.36. The molecule has 1 saturated heterocycles. The minimum atomic E-state index is -0.605. The van der Waals surface area contributed by atoms with E-state index in [2.05, 4.69) is 44.5 Å². The fraction of sp³-hybridized carbons (Fsp3) is 0.333. The molecule has 1 aliphatic rings. The van der Waals surface area contributed by atoms with Crippen LogP contribution in [0.15, 0.2) is 49.2 Å². The molecule has 4 heterocycles. The molecule has 2 N–H and O–H groups in total. The lowest BCUT2D eigenvalue weighted by atomic mass is 10.1. The number of nitrogens with one attached hydrogen (secondary N) is 2. The zero-order valence-corrected chi connectivity index (χ0v) is 20.1. The number of nitrogens with zero attached hydrogens (tertiary/aromatic N) is 4. The molecular formula is C24H26N6O3S. The highest BCUT2D eigenvalue weighted by Gasteiger charge is 2.36. The lowest BCUT2D eigenvalue weighted by Crippen LogP contribution is -2.45. The third-order valence-corrected chi connectivity index (χ3v) is 6.62. The summed E-state index contributed by atoms with van der Waals surface area (Å²) in [5, 5.41) is 2.87. The number of ether oxygens (including phenoxy) is 1. The van der Waals surface area contributed by atoms with Crippen molar-refractivity contribution in [2.75, 3.05) is 11.9 Å². The van der Waals surface area contributed by atoms with Gasteiger partial charge in [0.25, 0.3) is 0 Å². The Morgan fingerprint density at radius 1 is 1.18 bits per heavy atom. The molecule has 3 aromatic heterocycles. The quantitative estimate of drug-likeness (QED) is 0.439. The maximum atomic E-state index is 12.9. The number of hydrogen-bond donors (Lipinski definition) is 2. The van der Waals surface area contributed by atoms with E-state index in [1.54, 1.807) is 30.1 Å². The van der Waals surface area contributed by atoms with Crippen molar-refractivity contribution in [1.29, 1.82) is 0 Å². The van der Waals surface area contributed by atoms with Crippen LogP contribution in [0.25, 0.3) is 26.7 Å². The van der Waals surface area contributed by atoms with Gasteiger partial charge in [0.05, 0.1) is 29.3 Å². The average molecular weight is 479 g/mol. The van der Waals surface area contributed by atoms with Crippen LogP contribution in [0.5, 0.6) is 0 Å². The van der Waals surface area contributed by atoms with Crippen LogP contribution in [0.3, 0.4) is 0 Å². The second kappa shape index (κ2) is 8.60. The molecule has 0 bridgehead atoms. The summed E-state index contributed by atoms with van der Waals surface area (Å²) in [4.78, 5) is 40.5. The van der Waals surface area contributed by atoms with E-state index in [1.807, 2.05) is 31.4 Å². The van der Waals surface area contributed by atoms with E-state index in [9.17, 15) is 9.59 Å². The number of amides is 2. The number of aromatic nitrogens is 4. The molecule has 2 amide bonds. The van der Waals surface area contributed by atoms with Gasteiger partial charge in [-0.3, -0.25) is 14.1 Å². The molecule has 1 atom stereocenters. The molecule has 0 unspecified atom stereocenters. The van der Waals surface area contributed by atoms with E-state index < -0.39 is 17.7 Å². The zero-order chi connectivity index (χ0) is 23.9. The zero-order valence-electron chi connectivity index (χ0n) is 19.2. The molecular weight excluding hydrogens is 452 g/mol. The van der Waals surface area contributed by atoms with Gasteiger partial charge < -0.3 is 15.0 Å². The molecule has 0 aliphatic carbocycles. The number of thiazole rings is 1. The first-order valence-electron chi connectivity index (χ1n) is 11.1. The molecule has 10 heteroatoms. The minimum Gasteiger partial charge on any atom is -0.444 e. The predicted octanol–water partition coefficient (Wildman–Crippen LogP) is 4.79. The van der Waals surface area contributed by atoms with Gasteiger partial charge in [-0.2, -0.15) is 0 Å². The second-order valence-corrected chi connectivity index (χ2v) is 10.3. The molecule has 0 radical (unpaired) electrons. The number of anilines is 1. The van der Waals surface area contributed by atoms with E-state index >= 15 is 0 Å². The Balaban J connectivity index is 1.27. The third-order valence-electron chi connectivity index (χ3n) is 5.57. The Bertz CT molecular complexity index is 1290. The SMILES string of the molecule is CC(C)(C)OC(=O)N1CCC[C@H]1C(=O)Nc1cn2cc(-c3ccc(-c4cnc[nH]4)cc3)sc2n1. The summed E-state index contributed by atoms with van der Waals surface area (Å²) in [5.74, 6) is 0.220. The van der Waals surface area contributed by atoms with E-state index in [-0.39, 0.29) is 5.91 Å². The topological polar surface area (TPSA) is 105 Å². The highest BCUT2D eigenvalue weighted by Crippen LogP contribution is 2.31. The molecule has 9 nitrogen and oxygen atoms in total. The molecule has 1 aromatic carbocycles. The van der Waals surface area contributed by atoms with Crippen molar-refractivity contribution < 1.29 is 14.3 Å². The van der Waals surface area contributed by atoms with Crippen LogP contribution >= 0.6 is 11.3 Å². The van der Waals surface area contributed by atoms with Crippen molar-refractivity contribution in [3.8, 4) is 21.7 Å². The highest BCUT2D eigenvalue weighted by atomic mass is 32.1. The summed E-state index contributed by atoms with van der Waals surface area (Å²) in [6, 6.07) is 7.67. The van der Waals surface area contributed by atoms with Crippen LogP contribution in [0, 0.1) is 0 Å². The number of fused-ring (bicyclic) bond motifs is 1. The fourth-order valence-electron chi connectivity index (χ4n) is 4.01. The summed E-state index contributed by atoms with van der Waals surface area (Å²) in [5.41, 5.74) is 2.52. The van der Waals surface area contributed by atoms with Crippen molar-refractivity contribution in [3.05, 3.63) is 49.2 Å². The number of carbonyl (C=O) groups excluding carboxylic acids is 2. The van der Waals surface area contributed by atoms with Gasteiger partial charge in [0.2, 0.25) is 5.91 Å². The predicted molar refractivity (Wildman–Crippen MR) is 131 cm³/mol. The first-order chi connectivity index (χ1) is 16.3. The number of imidazole rings is 2. The Morgan fingerprint density at radius 3 is 2.62 bits per heavy atom. The summed E-state index contributed by atoms with van der Waals surface area (Å²) in [6.45, 7) is 5.95. The van der Waals surface area contributed by atoms with Crippen LogP contribution in [0.4, 0.5) is 10.6 Å². The van der Waals surface area contributed by atoms with Gasteiger partial charge in [0.1, 0.15) is 11.6 Å². The lowest BCUT2D eigenvalue weighted by molar-refractivity contribution is -0.120.